The Kier molecular flexibility index (Phi) is 3.33. The number of carbonyl (C=O) groups excluding carboxylic acids is 1. The molecular weight excluding hydrogens is 288 g/mol. The van der Waals surface area contributed by atoms with E-state index in [4.69, 9.17) is 21.7 Å². The second kappa shape index (κ2) is 5.04. The van der Waals surface area contributed by atoms with E-state index in [0.29, 0.717) is 29.8 Å². The summed E-state index contributed by atoms with van der Waals surface area (Å²) in [4.78, 5) is 11.6. The third-order valence-corrected chi connectivity index (χ3v) is 3.44. The molecule has 0 spiro atoms. The molecule has 1 saturated heterocycles. The van der Waals surface area contributed by atoms with Crippen LogP contribution in [0.25, 0.3) is 6.08 Å². The standard InChI is InChI=1S/C15H16N2O3S/c1-15(2)7-19-11-4-3-9(6-12(11)20-8-15)5-10-13(18)17-14(21)16-10/h3-6H,7-8H2,1-2H3,(H2,16,17,18,21)/b10-5+. The van der Waals surface area contributed by atoms with Crippen LogP contribution >= 0.6 is 12.2 Å². The van der Waals surface area contributed by atoms with Crippen LogP contribution < -0.4 is 20.1 Å². The highest BCUT2D eigenvalue weighted by Gasteiger charge is 2.25. The van der Waals surface area contributed by atoms with Gasteiger partial charge in [0.2, 0.25) is 0 Å². The van der Waals surface area contributed by atoms with Gasteiger partial charge in [0, 0.05) is 5.41 Å². The lowest BCUT2D eigenvalue weighted by Gasteiger charge is -2.19. The van der Waals surface area contributed by atoms with E-state index in [0.717, 1.165) is 11.3 Å². The molecule has 6 heteroatoms. The number of carbonyl (C=O) groups is 1. The lowest BCUT2D eigenvalue weighted by Crippen LogP contribution is -2.26. The molecule has 0 aromatic heterocycles. The van der Waals surface area contributed by atoms with Crippen molar-refractivity contribution in [2.45, 2.75) is 13.8 Å². The average molecular weight is 304 g/mol. The highest BCUT2D eigenvalue weighted by molar-refractivity contribution is 7.80. The maximum Gasteiger partial charge on any atom is 0.273 e. The van der Waals surface area contributed by atoms with Crippen LogP contribution in [0.2, 0.25) is 0 Å². The van der Waals surface area contributed by atoms with E-state index in [1.54, 1.807) is 6.08 Å². The van der Waals surface area contributed by atoms with E-state index in [1.165, 1.54) is 0 Å². The second-order valence-corrected chi connectivity index (χ2v) is 6.32. The summed E-state index contributed by atoms with van der Waals surface area (Å²) in [6, 6.07) is 5.60. The number of ether oxygens (including phenoxy) is 2. The van der Waals surface area contributed by atoms with Crippen LogP contribution in [0.1, 0.15) is 19.4 Å². The third kappa shape index (κ3) is 3.00. The van der Waals surface area contributed by atoms with Crippen LogP contribution in [0.3, 0.4) is 0 Å². The van der Waals surface area contributed by atoms with Crippen molar-refractivity contribution in [1.82, 2.24) is 10.6 Å². The first-order chi connectivity index (χ1) is 9.93. The quantitative estimate of drug-likeness (QED) is 0.612. The molecule has 0 saturated carbocycles. The summed E-state index contributed by atoms with van der Waals surface area (Å²) in [6.07, 6.45) is 1.73. The first-order valence-electron chi connectivity index (χ1n) is 6.67. The van der Waals surface area contributed by atoms with E-state index >= 15 is 0 Å². The molecule has 2 heterocycles. The van der Waals surface area contributed by atoms with Gasteiger partial charge in [-0.2, -0.15) is 0 Å². The van der Waals surface area contributed by atoms with Crippen LogP contribution in [0.15, 0.2) is 23.9 Å². The summed E-state index contributed by atoms with van der Waals surface area (Å²) < 4.78 is 11.6. The van der Waals surface area contributed by atoms with Crippen LogP contribution in [0.5, 0.6) is 11.5 Å². The molecule has 110 valence electrons. The predicted molar refractivity (Wildman–Crippen MR) is 83.1 cm³/mol. The number of fused-ring (bicyclic) bond motifs is 1. The van der Waals surface area contributed by atoms with Gasteiger partial charge < -0.3 is 14.8 Å². The summed E-state index contributed by atoms with van der Waals surface area (Å²) in [5.41, 5.74) is 1.24. The lowest BCUT2D eigenvalue weighted by molar-refractivity contribution is -0.115. The summed E-state index contributed by atoms with van der Waals surface area (Å²) in [6.45, 7) is 5.38. The minimum atomic E-state index is -0.228. The van der Waals surface area contributed by atoms with Crippen molar-refractivity contribution < 1.29 is 14.3 Å². The molecule has 21 heavy (non-hydrogen) atoms. The largest absolute Gasteiger partial charge is 0.489 e. The van der Waals surface area contributed by atoms with E-state index < -0.39 is 0 Å². The van der Waals surface area contributed by atoms with Crippen molar-refractivity contribution in [3.05, 3.63) is 29.5 Å². The van der Waals surface area contributed by atoms with Crippen molar-refractivity contribution in [3.63, 3.8) is 0 Å². The first-order valence-corrected chi connectivity index (χ1v) is 7.07. The molecule has 1 amide bonds. The van der Waals surface area contributed by atoms with E-state index in [-0.39, 0.29) is 11.3 Å². The highest BCUT2D eigenvalue weighted by Crippen LogP contribution is 2.34. The average Bonchev–Trinajstić information content (AvgIpc) is 2.64. The molecule has 0 atom stereocenters. The Balaban J connectivity index is 1.87. The molecule has 0 aliphatic carbocycles. The van der Waals surface area contributed by atoms with Gasteiger partial charge >= 0.3 is 0 Å². The van der Waals surface area contributed by atoms with Crippen LogP contribution in [0.4, 0.5) is 0 Å². The number of thiocarbonyl (C=S) groups is 1. The van der Waals surface area contributed by atoms with E-state index in [2.05, 4.69) is 24.5 Å². The maximum atomic E-state index is 11.6. The normalized spacial score (nSPS) is 21.7. The Bertz CT molecular complexity index is 652. The first kappa shape index (κ1) is 13.9. The molecule has 0 unspecified atom stereocenters. The van der Waals surface area contributed by atoms with Gasteiger partial charge in [0.25, 0.3) is 5.91 Å². The van der Waals surface area contributed by atoms with Gasteiger partial charge in [-0.15, -0.1) is 0 Å². The molecule has 2 aliphatic rings. The molecule has 2 N–H and O–H groups in total. The zero-order valence-electron chi connectivity index (χ0n) is 11.9. The Morgan fingerprint density at radius 3 is 2.57 bits per heavy atom. The fourth-order valence-electron chi connectivity index (χ4n) is 2.08. The van der Waals surface area contributed by atoms with Crippen molar-refractivity contribution >= 4 is 29.3 Å². The van der Waals surface area contributed by atoms with E-state index in [1.807, 2.05) is 18.2 Å². The van der Waals surface area contributed by atoms with Gasteiger partial charge in [0.1, 0.15) is 5.70 Å². The van der Waals surface area contributed by atoms with Crippen LogP contribution in [-0.2, 0) is 4.79 Å². The summed E-state index contributed by atoms with van der Waals surface area (Å²) in [5, 5.41) is 5.67. The third-order valence-electron chi connectivity index (χ3n) is 3.24. The number of hydrogen-bond donors (Lipinski definition) is 2. The fraction of sp³-hybridized carbons (Fsp3) is 0.333. The highest BCUT2D eigenvalue weighted by atomic mass is 32.1. The minimum absolute atomic E-state index is 0.0310. The summed E-state index contributed by atoms with van der Waals surface area (Å²) in [7, 11) is 0. The fourth-order valence-corrected chi connectivity index (χ4v) is 2.29. The van der Waals surface area contributed by atoms with Gasteiger partial charge in [0.05, 0.1) is 13.2 Å². The molecule has 1 aromatic rings. The summed E-state index contributed by atoms with van der Waals surface area (Å²) in [5.74, 6) is 1.19. The van der Waals surface area contributed by atoms with Crippen molar-refractivity contribution in [2.75, 3.05) is 13.2 Å². The SMILES string of the molecule is CC1(C)COc2ccc(/C=C3/NC(=S)NC3=O)cc2OC1. The number of hydrogen-bond acceptors (Lipinski definition) is 4. The predicted octanol–water partition coefficient (Wildman–Crippen LogP) is 1.83. The lowest BCUT2D eigenvalue weighted by atomic mass is 9.97. The molecule has 1 aromatic carbocycles. The number of amides is 1. The minimum Gasteiger partial charge on any atom is -0.489 e. The Labute approximate surface area is 128 Å². The zero-order valence-corrected chi connectivity index (χ0v) is 12.7. The molecular formula is C15H16N2O3S. The van der Waals surface area contributed by atoms with E-state index in [9.17, 15) is 4.79 Å². The Morgan fingerprint density at radius 2 is 1.90 bits per heavy atom. The van der Waals surface area contributed by atoms with Gasteiger partial charge in [-0.3, -0.25) is 10.1 Å². The molecule has 0 bridgehead atoms. The molecule has 5 nitrogen and oxygen atoms in total. The maximum absolute atomic E-state index is 11.6. The van der Waals surface area contributed by atoms with Gasteiger partial charge in [-0.25, -0.2) is 0 Å². The van der Waals surface area contributed by atoms with Gasteiger partial charge in [0.15, 0.2) is 16.6 Å². The van der Waals surface area contributed by atoms with Gasteiger partial charge in [-0.05, 0) is 36.0 Å². The molecule has 3 rings (SSSR count). The number of benzene rings is 1. The Hall–Kier alpha value is -2.08. The molecule has 2 aliphatic heterocycles. The molecule has 1 fully saturated rings. The number of nitrogens with one attached hydrogen (secondary N) is 2. The second-order valence-electron chi connectivity index (χ2n) is 5.91. The zero-order chi connectivity index (χ0) is 15.0. The van der Waals surface area contributed by atoms with Crippen molar-refractivity contribution in [2.24, 2.45) is 5.41 Å². The smallest absolute Gasteiger partial charge is 0.273 e. The number of rotatable bonds is 1. The topological polar surface area (TPSA) is 59.6 Å². The monoisotopic (exact) mass is 304 g/mol. The Morgan fingerprint density at radius 1 is 1.19 bits per heavy atom. The van der Waals surface area contributed by atoms with Crippen LogP contribution in [0, 0.1) is 5.41 Å². The van der Waals surface area contributed by atoms with Crippen LogP contribution in [-0.4, -0.2) is 24.2 Å². The van der Waals surface area contributed by atoms with Crippen molar-refractivity contribution in [3.8, 4) is 11.5 Å². The summed E-state index contributed by atoms with van der Waals surface area (Å²) >= 11 is 4.90. The van der Waals surface area contributed by atoms with Gasteiger partial charge in [-0.1, -0.05) is 19.9 Å². The van der Waals surface area contributed by atoms with Crippen molar-refractivity contribution in [1.29, 1.82) is 0 Å². The molecule has 0 radical (unpaired) electrons.